The van der Waals surface area contributed by atoms with Crippen LogP contribution in [0.5, 0.6) is 5.88 Å². The smallest absolute Gasteiger partial charge is 0.271 e. The molecule has 118 valence electrons. The molecule has 0 aliphatic carbocycles. The number of aromatic nitrogens is 1. The highest BCUT2D eigenvalue weighted by molar-refractivity contribution is 9.10. The lowest BCUT2D eigenvalue weighted by atomic mass is 9.97. The van der Waals surface area contributed by atoms with Gasteiger partial charge in [-0.25, -0.2) is 0 Å². The van der Waals surface area contributed by atoms with Crippen molar-refractivity contribution >= 4 is 21.7 Å². The van der Waals surface area contributed by atoms with E-state index in [-0.39, 0.29) is 22.7 Å². The fraction of sp³-hybridized carbons (Fsp3) is 0.235. The zero-order valence-electron chi connectivity index (χ0n) is 12.9. The van der Waals surface area contributed by atoms with Crippen LogP contribution in [0.3, 0.4) is 0 Å². The summed E-state index contributed by atoms with van der Waals surface area (Å²) < 4.78 is 1.64. The van der Waals surface area contributed by atoms with E-state index in [1.165, 1.54) is 6.92 Å². The standard InChI is InChI=1S/C17H15BrN2O3/c1-9(2)20-16(22)12(8-19)10(3)14(17(20)23)15(21)11-6-4-5-7-13(11)18/h4-7,9,23H,1-3H3. The van der Waals surface area contributed by atoms with Gasteiger partial charge in [-0.1, -0.05) is 28.1 Å². The number of carbonyl (C=O) groups is 1. The number of hydrogen-bond donors (Lipinski definition) is 1. The number of nitriles is 1. The summed E-state index contributed by atoms with van der Waals surface area (Å²) in [5.41, 5.74) is -0.216. The quantitative estimate of drug-likeness (QED) is 0.835. The number of rotatable bonds is 3. The van der Waals surface area contributed by atoms with Crippen LogP contribution >= 0.6 is 15.9 Å². The summed E-state index contributed by atoms with van der Waals surface area (Å²) in [5, 5.41) is 19.7. The van der Waals surface area contributed by atoms with Crippen LogP contribution in [0, 0.1) is 18.3 Å². The molecule has 0 saturated carbocycles. The summed E-state index contributed by atoms with van der Waals surface area (Å²) in [6.07, 6.45) is 0. The van der Waals surface area contributed by atoms with Gasteiger partial charge in [-0.3, -0.25) is 14.2 Å². The van der Waals surface area contributed by atoms with Gasteiger partial charge >= 0.3 is 0 Å². The van der Waals surface area contributed by atoms with Crippen molar-refractivity contribution in [2.24, 2.45) is 0 Å². The first-order valence-electron chi connectivity index (χ1n) is 6.98. The van der Waals surface area contributed by atoms with E-state index in [4.69, 9.17) is 0 Å². The van der Waals surface area contributed by atoms with Crippen molar-refractivity contribution in [2.75, 3.05) is 0 Å². The molecule has 1 N–H and O–H groups in total. The minimum absolute atomic E-state index is 0.0262. The van der Waals surface area contributed by atoms with Crippen molar-refractivity contribution in [1.29, 1.82) is 5.26 Å². The highest BCUT2D eigenvalue weighted by Crippen LogP contribution is 2.29. The third-order valence-corrected chi connectivity index (χ3v) is 4.30. The van der Waals surface area contributed by atoms with Gasteiger partial charge in [0, 0.05) is 16.1 Å². The van der Waals surface area contributed by atoms with Crippen molar-refractivity contribution in [1.82, 2.24) is 4.57 Å². The normalized spacial score (nSPS) is 10.6. The second-order valence-corrected chi connectivity index (χ2v) is 6.24. The highest BCUT2D eigenvalue weighted by Gasteiger charge is 2.26. The Morgan fingerprint density at radius 3 is 2.48 bits per heavy atom. The number of carbonyl (C=O) groups excluding carboxylic acids is 1. The molecule has 0 saturated heterocycles. The number of nitrogens with zero attached hydrogens (tertiary/aromatic N) is 2. The SMILES string of the molecule is Cc1c(C(=O)c2ccccc2Br)c(O)n(C(C)C)c(=O)c1C#N. The summed E-state index contributed by atoms with van der Waals surface area (Å²) >= 11 is 3.30. The third-order valence-electron chi connectivity index (χ3n) is 3.61. The molecule has 0 aliphatic rings. The Morgan fingerprint density at radius 1 is 1.35 bits per heavy atom. The predicted molar refractivity (Wildman–Crippen MR) is 89.8 cm³/mol. The molecule has 1 aromatic carbocycles. The average molecular weight is 375 g/mol. The van der Waals surface area contributed by atoms with Crippen LogP contribution < -0.4 is 5.56 Å². The van der Waals surface area contributed by atoms with Crippen LogP contribution in [0.15, 0.2) is 33.5 Å². The van der Waals surface area contributed by atoms with Gasteiger partial charge in [0.1, 0.15) is 11.6 Å². The molecule has 0 aliphatic heterocycles. The van der Waals surface area contributed by atoms with E-state index in [9.17, 15) is 20.0 Å². The molecule has 0 fully saturated rings. The lowest BCUT2D eigenvalue weighted by molar-refractivity contribution is 0.103. The molecule has 0 atom stereocenters. The fourth-order valence-electron chi connectivity index (χ4n) is 2.45. The van der Waals surface area contributed by atoms with E-state index in [1.807, 2.05) is 6.07 Å². The summed E-state index contributed by atoms with van der Waals surface area (Å²) in [4.78, 5) is 25.2. The molecule has 0 bridgehead atoms. The third kappa shape index (κ3) is 2.80. The Morgan fingerprint density at radius 2 is 1.96 bits per heavy atom. The van der Waals surface area contributed by atoms with Crippen LogP contribution in [0.1, 0.15) is 46.9 Å². The fourth-order valence-corrected chi connectivity index (χ4v) is 2.92. The summed E-state index contributed by atoms with van der Waals surface area (Å²) in [6, 6.07) is 8.25. The van der Waals surface area contributed by atoms with E-state index in [0.29, 0.717) is 10.0 Å². The maximum absolute atomic E-state index is 12.8. The van der Waals surface area contributed by atoms with E-state index in [0.717, 1.165) is 4.57 Å². The minimum Gasteiger partial charge on any atom is -0.494 e. The Labute approximate surface area is 141 Å². The molecule has 2 rings (SSSR count). The largest absolute Gasteiger partial charge is 0.494 e. The molecule has 5 nitrogen and oxygen atoms in total. The predicted octanol–water partition coefficient (Wildman–Crippen LogP) is 3.31. The van der Waals surface area contributed by atoms with E-state index in [2.05, 4.69) is 15.9 Å². The monoisotopic (exact) mass is 374 g/mol. The Kier molecular flexibility index (Phi) is 4.71. The molecular formula is C17H15BrN2O3. The van der Waals surface area contributed by atoms with Crippen molar-refractivity contribution < 1.29 is 9.90 Å². The number of ketones is 1. The molecule has 23 heavy (non-hydrogen) atoms. The van der Waals surface area contributed by atoms with Crippen LogP contribution in [0.25, 0.3) is 0 Å². The maximum atomic E-state index is 12.8. The Balaban J connectivity index is 2.86. The average Bonchev–Trinajstić information content (AvgIpc) is 2.47. The van der Waals surface area contributed by atoms with Crippen LogP contribution in [0.2, 0.25) is 0 Å². The first-order valence-corrected chi connectivity index (χ1v) is 7.77. The number of benzene rings is 1. The lowest BCUT2D eigenvalue weighted by Gasteiger charge is -2.18. The van der Waals surface area contributed by atoms with Gasteiger partial charge in [0.2, 0.25) is 5.88 Å². The summed E-state index contributed by atoms with van der Waals surface area (Å²) in [7, 11) is 0. The lowest BCUT2D eigenvalue weighted by Crippen LogP contribution is -2.28. The van der Waals surface area contributed by atoms with E-state index < -0.39 is 17.2 Å². The second-order valence-electron chi connectivity index (χ2n) is 5.39. The van der Waals surface area contributed by atoms with Crippen LogP contribution in [0.4, 0.5) is 0 Å². The van der Waals surface area contributed by atoms with Gasteiger partial charge < -0.3 is 5.11 Å². The molecule has 0 radical (unpaired) electrons. The van der Waals surface area contributed by atoms with Gasteiger partial charge in [-0.15, -0.1) is 0 Å². The van der Waals surface area contributed by atoms with Crippen molar-refractivity contribution in [3.05, 3.63) is 61.3 Å². The molecule has 2 aromatic rings. The number of aromatic hydroxyl groups is 1. The van der Waals surface area contributed by atoms with Crippen molar-refractivity contribution in [3.63, 3.8) is 0 Å². The van der Waals surface area contributed by atoms with Gasteiger partial charge in [-0.2, -0.15) is 5.26 Å². The van der Waals surface area contributed by atoms with Crippen molar-refractivity contribution in [2.45, 2.75) is 26.8 Å². The zero-order chi connectivity index (χ0) is 17.3. The minimum atomic E-state index is -0.596. The molecular weight excluding hydrogens is 360 g/mol. The Bertz CT molecular complexity index is 892. The van der Waals surface area contributed by atoms with E-state index in [1.54, 1.807) is 38.1 Å². The van der Waals surface area contributed by atoms with Crippen molar-refractivity contribution in [3.8, 4) is 11.9 Å². The number of hydrogen-bond acceptors (Lipinski definition) is 4. The maximum Gasteiger partial charge on any atom is 0.271 e. The van der Waals surface area contributed by atoms with Gasteiger partial charge in [0.05, 0.1) is 5.56 Å². The molecule has 0 spiro atoms. The Hall–Kier alpha value is -2.39. The van der Waals surface area contributed by atoms with Crippen LogP contribution in [-0.2, 0) is 0 Å². The van der Waals surface area contributed by atoms with Gasteiger partial charge in [0.15, 0.2) is 5.78 Å². The van der Waals surface area contributed by atoms with Gasteiger partial charge in [-0.05, 0) is 38.5 Å². The molecule has 0 amide bonds. The molecule has 6 heteroatoms. The topological polar surface area (TPSA) is 83.1 Å². The summed E-state index contributed by atoms with van der Waals surface area (Å²) in [6.45, 7) is 4.89. The van der Waals surface area contributed by atoms with E-state index >= 15 is 0 Å². The molecule has 1 heterocycles. The highest BCUT2D eigenvalue weighted by atomic mass is 79.9. The number of halogens is 1. The zero-order valence-corrected chi connectivity index (χ0v) is 14.5. The number of pyridine rings is 1. The second kappa shape index (κ2) is 6.39. The first kappa shape index (κ1) is 17.0. The summed E-state index contributed by atoms with van der Waals surface area (Å²) in [5.74, 6) is -0.861. The van der Waals surface area contributed by atoms with Gasteiger partial charge in [0.25, 0.3) is 5.56 Å². The molecule has 0 unspecified atom stereocenters. The molecule has 1 aromatic heterocycles. The van der Waals surface area contributed by atoms with Crippen LogP contribution in [-0.4, -0.2) is 15.5 Å². The first-order chi connectivity index (χ1) is 10.8.